The molecule has 0 aliphatic heterocycles. The van der Waals surface area contributed by atoms with Crippen molar-refractivity contribution in [1.29, 1.82) is 0 Å². The number of carbonyl (C=O) groups is 1. The van der Waals surface area contributed by atoms with Gasteiger partial charge in [-0.15, -0.1) is 0 Å². The van der Waals surface area contributed by atoms with E-state index in [1.54, 1.807) is 13.1 Å². The molecular formula is C14H19N3O3. The Morgan fingerprint density at radius 2 is 2.30 bits per heavy atom. The van der Waals surface area contributed by atoms with Gasteiger partial charge in [-0.3, -0.25) is 9.89 Å². The van der Waals surface area contributed by atoms with Crippen molar-refractivity contribution in [3.63, 3.8) is 0 Å². The standard InChI is InChI=1S/C14H19N3O3/c1-3-19-7-8-20-10(2)14(18)16-12-6-4-5-11-9-15-17-13(11)12/h4-6,9-10H,3,7-8H2,1-2H3,(H,15,17)(H,16,18)/t10-/m1/s1. The molecule has 20 heavy (non-hydrogen) atoms. The number of anilines is 1. The molecule has 0 unspecified atom stereocenters. The minimum absolute atomic E-state index is 0.191. The van der Waals surface area contributed by atoms with Crippen LogP contribution in [0.4, 0.5) is 5.69 Å². The Bertz CT molecular complexity index is 568. The molecule has 1 heterocycles. The molecule has 1 amide bonds. The topological polar surface area (TPSA) is 76.2 Å². The number of aromatic nitrogens is 2. The first kappa shape index (κ1) is 14.5. The summed E-state index contributed by atoms with van der Waals surface area (Å²) in [6.07, 6.45) is 1.18. The van der Waals surface area contributed by atoms with Gasteiger partial charge in [0.1, 0.15) is 6.10 Å². The highest BCUT2D eigenvalue weighted by molar-refractivity contribution is 6.01. The lowest BCUT2D eigenvalue weighted by molar-refractivity contribution is -0.127. The molecule has 1 atom stereocenters. The fourth-order valence-corrected chi connectivity index (χ4v) is 1.81. The van der Waals surface area contributed by atoms with Crippen LogP contribution >= 0.6 is 0 Å². The van der Waals surface area contributed by atoms with Gasteiger partial charge in [0, 0.05) is 12.0 Å². The van der Waals surface area contributed by atoms with Crippen LogP contribution in [-0.2, 0) is 14.3 Å². The lowest BCUT2D eigenvalue weighted by Crippen LogP contribution is -2.29. The van der Waals surface area contributed by atoms with Crippen LogP contribution in [0, 0.1) is 0 Å². The smallest absolute Gasteiger partial charge is 0.253 e. The van der Waals surface area contributed by atoms with Gasteiger partial charge in [0.25, 0.3) is 5.91 Å². The largest absolute Gasteiger partial charge is 0.379 e. The van der Waals surface area contributed by atoms with Crippen molar-refractivity contribution < 1.29 is 14.3 Å². The summed E-state index contributed by atoms with van der Waals surface area (Å²) in [6.45, 7) is 5.17. The Morgan fingerprint density at radius 1 is 1.45 bits per heavy atom. The number of benzene rings is 1. The third kappa shape index (κ3) is 3.55. The Balaban J connectivity index is 1.92. The van der Waals surface area contributed by atoms with Gasteiger partial charge >= 0.3 is 0 Å². The maximum absolute atomic E-state index is 12.0. The Hall–Kier alpha value is -1.92. The first-order valence-corrected chi connectivity index (χ1v) is 6.64. The number of H-pyrrole nitrogens is 1. The van der Waals surface area contributed by atoms with Crippen molar-refractivity contribution in [2.45, 2.75) is 20.0 Å². The summed E-state index contributed by atoms with van der Waals surface area (Å²) in [7, 11) is 0. The summed E-state index contributed by atoms with van der Waals surface area (Å²) >= 11 is 0. The molecule has 0 radical (unpaired) electrons. The number of hydrogen-bond acceptors (Lipinski definition) is 4. The van der Waals surface area contributed by atoms with Crippen LogP contribution in [0.5, 0.6) is 0 Å². The van der Waals surface area contributed by atoms with Gasteiger partial charge in [-0.1, -0.05) is 12.1 Å². The minimum atomic E-state index is -0.534. The van der Waals surface area contributed by atoms with Gasteiger partial charge in [-0.2, -0.15) is 5.10 Å². The van der Waals surface area contributed by atoms with Crippen LogP contribution in [0.2, 0.25) is 0 Å². The molecule has 2 aromatic rings. The molecule has 6 heteroatoms. The second-order valence-corrected chi connectivity index (χ2v) is 4.34. The van der Waals surface area contributed by atoms with Gasteiger partial charge in [0.2, 0.25) is 0 Å². The minimum Gasteiger partial charge on any atom is -0.379 e. The fraction of sp³-hybridized carbons (Fsp3) is 0.429. The molecule has 2 N–H and O–H groups in total. The van der Waals surface area contributed by atoms with E-state index >= 15 is 0 Å². The first-order chi connectivity index (χ1) is 9.72. The summed E-state index contributed by atoms with van der Waals surface area (Å²) in [4.78, 5) is 12.0. The number of fused-ring (bicyclic) bond motifs is 1. The number of ether oxygens (including phenoxy) is 2. The van der Waals surface area contributed by atoms with E-state index in [1.807, 2.05) is 25.1 Å². The number of nitrogens with one attached hydrogen (secondary N) is 2. The molecule has 0 aliphatic rings. The molecule has 2 rings (SSSR count). The zero-order valence-electron chi connectivity index (χ0n) is 11.7. The average Bonchev–Trinajstić information content (AvgIpc) is 2.93. The lowest BCUT2D eigenvalue weighted by Gasteiger charge is -2.13. The van der Waals surface area contributed by atoms with Gasteiger partial charge in [0.05, 0.1) is 30.6 Å². The predicted molar refractivity (Wildman–Crippen MR) is 76.6 cm³/mol. The summed E-state index contributed by atoms with van der Waals surface area (Å²) in [5, 5.41) is 10.6. The maximum Gasteiger partial charge on any atom is 0.253 e. The van der Waals surface area contributed by atoms with E-state index < -0.39 is 6.10 Å². The maximum atomic E-state index is 12.0. The van der Waals surface area contributed by atoms with E-state index in [9.17, 15) is 4.79 Å². The Morgan fingerprint density at radius 3 is 3.10 bits per heavy atom. The summed E-state index contributed by atoms with van der Waals surface area (Å²) in [5.41, 5.74) is 1.51. The number of aromatic amines is 1. The number of hydrogen-bond donors (Lipinski definition) is 2. The third-order valence-corrected chi connectivity index (χ3v) is 2.90. The normalized spacial score (nSPS) is 12.5. The van der Waals surface area contributed by atoms with Crippen molar-refractivity contribution in [2.24, 2.45) is 0 Å². The number of amides is 1. The molecule has 0 aliphatic carbocycles. The van der Waals surface area contributed by atoms with Gasteiger partial charge in [-0.05, 0) is 19.9 Å². The molecule has 1 aromatic heterocycles. The van der Waals surface area contributed by atoms with Crippen molar-refractivity contribution in [1.82, 2.24) is 10.2 Å². The highest BCUT2D eigenvalue weighted by atomic mass is 16.5. The van der Waals surface area contributed by atoms with E-state index in [2.05, 4.69) is 15.5 Å². The van der Waals surface area contributed by atoms with Crippen LogP contribution in [0.3, 0.4) is 0 Å². The van der Waals surface area contributed by atoms with E-state index in [-0.39, 0.29) is 5.91 Å². The summed E-state index contributed by atoms with van der Waals surface area (Å²) in [5.74, 6) is -0.191. The van der Waals surface area contributed by atoms with Crippen LogP contribution in [0.25, 0.3) is 10.9 Å². The van der Waals surface area contributed by atoms with E-state index in [4.69, 9.17) is 9.47 Å². The van der Waals surface area contributed by atoms with Crippen molar-refractivity contribution in [2.75, 3.05) is 25.1 Å². The fourth-order valence-electron chi connectivity index (χ4n) is 1.81. The number of para-hydroxylation sites is 1. The second kappa shape index (κ2) is 7.02. The number of rotatable bonds is 7. The molecule has 6 nitrogen and oxygen atoms in total. The Labute approximate surface area is 117 Å². The zero-order valence-corrected chi connectivity index (χ0v) is 11.7. The average molecular weight is 277 g/mol. The molecule has 1 aromatic carbocycles. The quantitative estimate of drug-likeness (QED) is 0.758. The van der Waals surface area contributed by atoms with Gasteiger partial charge in [-0.25, -0.2) is 0 Å². The lowest BCUT2D eigenvalue weighted by atomic mass is 10.2. The molecule has 108 valence electrons. The molecule has 0 fully saturated rings. The van der Waals surface area contributed by atoms with Crippen molar-refractivity contribution >= 4 is 22.5 Å². The summed E-state index contributed by atoms with van der Waals surface area (Å²) < 4.78 is 10.6. The molecule has 0 saturated heterocycles. The molecule has 0 bridgehead atoms. The molecule has 0 saturated carbocycles. The zero-order chi connectivity index (χ0) is 14.4. The highest BCUT2D eigenvalue weighted by Gasteiger charge is 2.14. The van der Waals surface area contributed by atoms with Crippen molar-refractivity contribution in [3.05, 3.63) is 24.4 Å². The van der Waals surface area contributed by atoms with Crippen LogP contribution in [0.15, 0.2) is 24.4 Å². The monoisotopic (exact) mass is 277 g/mol. The van der Waals surface area contributed by atoms with E-state index in [0.717, 1.165) is 10.9 Å². The van der Waals surface area contributed by atoms with E-state index in [1.165, 1.54) is 0 Å². The predicted octanol–water partition coefficient (Wildman–Crippen LogP) is 1.94. The van der Waals surface area contributed by atoms with Crippen LogP contribution < -0.4 is 5.32 Å². The summed E-state index contributed by atoms with van der Waals surface area (Å²) in [6, 6.07) is 5.62. The Kier molecular flexibility index (Phi) is 5.09. The third-order valence-electron chi connectivity index (χ3n) is 2.90. The SMILES string of the molecule is CCOCCO[C@H](C)C(=O)Nc1cccc2cn[nH]c12. The van der Waals surface area contributed by atoms with Crippen LogP contribution in [-0.4, -0.2) is 42.0 Å². The molecule has 0 spiro atoms. The van der Waals surface area contributed by atoms with Crippen LogP contribution in [0.1, 0.15) is 13.8 Å². The van der Waals surface area contributed by atoms with Crippen molar-refractivity contribution in [3.8, 4) is 0 Å². The second-order valence-electron chi connectivity index (χ2n) is 4.34. The highest BCUT2D eigenvalue weighted by Crippen LogP contribution is 2.20. The number of carbonyl (C=O) groups excluding carboxylic acids is 1. The molecular weight excluding hydrogens is 258 g/mol. The van der Waals surface area contributed by atoms with Gasteiger partial charge in [0.15, 0.2) is 0 Å². The van der Waals surface area contributed by atoms with E-state index in [0.29, 0.717) is 25.5 Å². The van der Waals surface area contributed by atoms with Gasteiger partial charge < -0.3 is 14.8 Å². The number of nitrogens with zero attached hydrogens (tertiary/aromatic N) is 1. The first-order valence-electron chi connectivity index (χ1n) is 6.64.